The number of unbranched alkanes of at least 4 members (excludes halogenated alkanes) is 1. The molecule has 1 aliphatic carbocycles. The van der Waals surface area contributed by atoms with Crippen LogP contribution in [0.2, 0.25) is 0 Å². The molecule has 180 valence electrons. The Bertz CT molecular complexity index is 1150. The van der Waals surface area contributed by atoms with Gasteiger partial charge in [0.1, 0.15) is 17.1 Å². The fourth-order valence-corrected chi connectivity index (χ4v) is 3.48. The Morgan fingerprint density at radius 1 is 1.24 bits per heavy atom. The first kappa shape index (κ1) is 24.7. The number of ketones is 1. The molecule has 1 aromatic heterocycles. The van der Waals surface area contributed by atoms with E-state index in [-0.39, 0.29) is 22.9 Å². The lowest BCUT2D eigenvalue weighted by Crippen LogP contribution is -2.20. The molecule has 2 aromatic rings. The minimum Gasteiger partial charge on any atom is -0.507 e. The molecule has 2 N–H and O–H groups in total. The maximum atomic E-state index is 11.7. The summed E-state index contributed by atoms with van der Waals surface area (Å²) in [5.41, 5.74) is 1.68. The maximum Gasteiger partial charge on any atom is 0.339 e. The quantitative estimate of drug-likeness (QED) is 0.355. The third kappa shape index (κ3) is 6.09. The first-order valence-electron chi connectivity index (χ1n) is 11.1. The molecule has 10 heteroatoms. The minimum absolute atomic E-state index is 0.00906. The number of carboxylic acid groups (broad SMARTS) is 1. The molecule has 1 aromatic carbocycles. The first-order chi connectivity index (χ1) is 16.3. The summed E-state index contributed by atoms with van der Waals surface area (Å²) >= 11 is 0. The fraction of sp³-hybridized carbons (Fsp3) is 0.375. The number of nitrogens with zero attached hydrogens (tertiary/aromatic N) is 4. The number of phenols is 1. The van der Waals surface area contributed by atoms with Crippen LogP contribution < -0.4 is 9.57 Å². The van der Waals surface area contributed by atoms with Crippen molar-refractivity contribution in [2.75, 3.05) is 6.61 Å². The van der Waals surface area contributed by atoms with Crippen molar-refractivity contribution in [1.82, 2.24) is 20.4 Å². The van der Waals surface area contributed by atoms with Crippen LogP contribution in [0, 0.1) is 0 Å². The number of Topliss-reactive ketones (excluding diaryl/α,β-unsaturated/α-hetero) is 1. The molecule has 0 spiro atoms. The van der Waals surface area contributed by atoms with E-state index < -0.39 is 5.97 Å². The van der Waals surface area contributed by atoms with Crippen LogP contribution in [0.15, 0.2) is 47.8 Å². The highest BCUT2D eigenvalue weighted by Crippen LogP contribution is 2.33. The Labute approximate surface area is 197 Å². The van der Waals surface area contributed by atoms with E-state index in [4.69, 9.17) is 9.57 Å². The molecule has 34 heavy (non-hydrogen) atoms. The van der Waals surface area contributed by atoms with Crippen molar-refractivity contribution in [2.45, 2.75) is 52.4 Å². The molecule has 1 heterocycles. The van der Waals surface area contributed by atoms with E-state index in [9.17, 15) is 19.8 Å². The first-order valence-corrected chi connectivity index (χ1v) is 11.1. The monoisotopic (exact) mass is 468 g/mol. The normalized spacial score (nSPS) is 13.3. The van der Waals surface area contributed by atoms with Crippen molar-refractivity contribution < 1.29 is 29.4 Å². The van der Waals surface area contributed by atoms with Gasteiger partial charge in [0.15, 0.2) is 17.4 Å². The molecule has 0 saturated carbocycles. The number of hydrogen-bond acceptors (Lipinski definition) is 8. The summed E-state index contributed by atoms with van der Waals surface area (Å²) < 4.78 is 5.86. The van der Waals surface area contributed by atoms with Crippen molar-refractivity contribution in [1.29, 1.82) is 0 Å². The molecule has 0 atom stereocenters. The number of aliphatic carboxylic acids is 1. The van der Waals surface area contributed by atoms with Gasteiger partial charge in [-0.25, -0.2) is 4.79 Å². The molecule has 0 saturated heterocycles. The second-order valence-corrected chi connectivity index (χ2v) is 7.89. The summed E-state index contributed by atoms with van der Waals surface area (Å²) in [5, 5.41) is 31.6. The average Bonchev–Trinajstić information content (AvgIpc) is 3.22. The third-order valence-corrected chi connectivity index (χ3v) is 5.19. The number of aryl methyl sites for hydroxylation is 1. The SMILES string of the molecule is C=C1C=C(On2nnc(CCCCOc3ccc(C(C)=O)c(O)c3CCC)n2)C(C(=O)O)=CC1. The van der Waals surface area contributed by atoms with Crippen LogP contribution in [0.1, 0.15) is 61.3 Å². The van der Waals surface area contributed by atoms with Crippen LogP contribution in [-0.4, -0.2) is 48.9 Å². The van der Waals surface area contributed by atoms with Gasteiger partial charge >= 0.3 is 5.97 Å². The van der Waals surface area contributed by atoms with E-state index in [0.717, 1.165) is 11.4 Å². The topological polar surface area (TPSA) is 137 Å². The lowest BCUT2D eigenvalue weighted by molar-refractivity contribution is -0.132. The second kappa shape index (κ2) is 11.3. The number of rotatable bonds is 12. The molecule has 10 nitrogen and oxygen atoms in total. The highest BCUT2D eigenvalue weighted by molar-refractivity contribution is 5.97. The van der Waals surface area contributed by atoms with Crippen molar-refractivity contribution in [2.24, 2.45) is 0 Å². The average molecular weight is 469 g/mol. The van der Waals surface area contributed by atoms with E-state index >= 15 is 0 Å². The van der Waals surface area contributed by atoms with Gasteiger partial charge in [-0.3, -0.25) is 4.79 Å². The number of hydrogen-bond donors (Lipinski definition) is 2. The van der Waals surface area contributed by atoms with Gasteiger partial charge in [-0.15, -0.1) is 5.10 Å². The number of carboxylic acids is 1. The van der Waals surface area contributed by atoms with Crippen molar-refractivity contribution >= 4 is 11.8 Å². The fourth-order valence-electron chi connectivity index (χ4n) is 3.48. The van der Waals surface area contributed by atoms with Crippen LogP contribution >= 0.6 is 0 Å². The zero-order valence-electron chi connectivity index (χ0n) is 19.3. The molecule has 0 fully saturated rings. The number of carbonyl (C=O) groups is 2. The van der Waals surface area contributed by atoms with E-state index in [0.29, 0.717) is 67.0 Å². The van der Waals surface area contributed by atoms with E-state index in [1.54, 1.807) is 12.1 Å². The molecule has 0 aliphatic heterocycles. The molecular formula is C24H28N4O6. The van der Waals surface area contributed by atoms with E-state index in [1.165, 1.54) is 19.1 Å². The van der Waals surface area contributed by atoms with Crippen LogP contribution in [0.5, 0.6) is 11.5 Å². The van der Waals surface area contributed by atoms with Crippen molar-refractivity contribution in [3.05, 3.63) is 64.7 Å². The number of benzene rings is 1. The molecule has 3 rings (SSSR count). The largest absolute Gasteiger partial charge is 0.507 e. The maximum absolute atomic E-state index is 11.7. The summed E-state index contributed by atoms with van der Waals surface area (Å²) in [6.45, 7) is 7.65. The van der Waals surface area contributed by atoms with Crippen LogP contribution in [0.3, 0.4) is 0 Å². The van der Waals surface area contributed by atoms with Gasteiger partial charge in [-0.1, -0.05) is 31.1 Å². The van der Waals surface area contributed by atoms with Gasteiger partial charge in [0, 0.05) is 16.9 Å². The predicted octanol–water partition coefficient (Wildman–Crippen LogP) is 3.22. The van der Waals surface area contributed by atoms with Crippen molar-refractivity contribution in [3.8, 4) is 11.5 Å². The summed E-state index contributed by atoms with van der Waals surface area (Å²) in [4.78, 5) is 29.4. The molecular weight excluding hydrogens is 440 g/mol. The zero-order chi connectivity index (χ0) is 24.7. The molecule has 0 bridgehead atoms. The van der Waals surface area contributed by atoms with Gasteiger partial charge in [0.25, 0.3) is 0 Å². The van der Waals surface area contributed by atoms with Gasteiger partial charge in [-0.2, -0.15) is 0 Å². The van der Waals surface area contributed by atoms with E-state index in [2.05, 4.69) is 22.0 Å². The number of phenolic OH excluding ortho intramolecular Hbond substituents is 1. The van der Waals surface area contributed by atoms with Gasteiger partial charge in [-0.05, 0) is 61.6 Å². The third-order valence-electron chi connectivity index (χ3n) is 5.19. The number of allylic oxidation sites excluding steroid dienone is 3. The Balaban J connectivity index is 1.51. The number of tetrazole rings is 1. The molecule has 0 amide bonds. The Morgan fingerprint density at radius 2 is 2.03 bits per heavy atom. The number of aromatic nitrogens is 4. The van der Waals surface area contributed by atoms with Gasteiger partial charge in [0.05, 0.1) is 12.2 Å². The number of aromatic hydroxyl groups is 1. The predicted molar refractivity (Wildman–Crippen MR) is 122 cm³/mol. The number of ether oxygens (including phenoxy) is 1. The van der Waals surface area contributed by atoms with Crippen molar-refractivity contribution in [3.63, 3.8) is 0 Å². The van der Waals surface area contributed by atoms with Crippen LogP contribution in [-0.2, 0) is 17.6 Å². The Kier molecular flexibility index (Phi) is 8.18. The Morgan fingerprint density at radius 3 is 2.74 bits per heavy atom. The van der Waals surface area contributed by atoms with Gasteiger partial charge < -0.3 is 19.8 Å². The second-order valence-electron chi connectivity index (χ2n) is 7.89. The lowest BCUT2D eigenvalue weighted by Gasteiger charge is -2.14. The molecule has 0 unspecified atom stereocenters. The lowest BCUT2D eigenvalue weighted by atomic mass is 10.0. The highest BCUT2D eigenvalue weighted by atomic mass is 16.7. The molecule has 1 aliphatic rings. The standard InChI is InChI=1S/C24H28N4O6/c1-4-7-18-20(12-11-17(16(3)29)23(18)30)33-13-6-5-8-22-25-27-28(26-22)34-21-14-15(2)9-10-19(21)24(31)32/h10-12,14,30H,2,4-9,13H2,1,3H3,(H,31,32). The number of carbonyl (C=O) groups excluding carboxylic acids is 1. The summed E-state index contributed by atoms with van der Waals surface area (Å²) in [6, 6.07) is 3.30. The minimum atomic E-state index is -1.11. The smallest absolute Gasteiger partial charge is 0.339 e. The molecule has 0 radical (unpaired) electrons. The summed E-state index contributed by atoms with van der Waals surface area (Å²) in [5.74, 6) is -0.179. The zero-order valence-corrected chi connectivity index (χ0v) is 19.3. The summed E-state index contributed by atoms with van der Waals surface area (Å²) in [6.07, 6.45) is 6.86. The van der Waals surface area contributed by atoms with E-state index in [1.807, 2.05) is 6.92 Å². The highest BCUT2D eigenvalue weighted by Gasteiger charge is 2.21. The van der Waals surface area contributed by atoms with Gasteiger partial charge in [0.2, 0.25) is 0 Å². The van der Waals surface area contributed by atoms with Crippen LogP contribution in [0.4, 0.5) is 0 Å². The van der Waals surface area contributed by atoms with Crippen LogP contribution in [0.25, 0.3) is 0 Å². The summed E-state index contributed by atoms with van der Waals surface area (Å²) in [7, 11) is 0. The Hall–Kier alpha value is -3.95.